The number of aryl methyl sites for hydroxylation is 1. The number of nitrogens with one attached hydrogen (secondary N) is 1. The van der Waals surface area contributed by atoms with E-state index in [9.17, 15) is 10.1 Å². The minimum atomic E-state index is -0.528. The van der Waals surface area contributed by atoms with Crippen LogP contribution in [0.4, 0.5) is 5.82 Å². The van der Waals surface area contributed by atoms with E-state index in [1.165, 1.54) is 17.1 Å². The molecule has 0 saturated carbocycles. The summed E-state index contributed by atoms with van der Waals surface area (Å²) in [4.78, 5) is 18.8. The van der Waals surface area contributed by atoms with Gasteiger partial charge in [-0.15, -0.1) is 5.10 Å². The molecular weight excluding hydrogens is 290 g/mol. The highest BCUT2D eigenvalue weighted by molar-refractivity contribution is 5.87. The maximum atomic E-state index is 10.8. The highest BCUT2D eigenvalue weighted by atomic mass is 16.6. The fourth-order valence-electron chi connectivity index (χ4n) is 2.23. The second-order valence-electron chi connectivity index (χ2n) is 4.73. The van der Waals surface area contributed by atoms with Gasteiger partial charge in [-0.2, -0.15) is 9.78 Å². The maximum absolute atomic E-state index is 10.8. The number of nitro groups is 1. The van der Waals surface area contributed by atoms with E-state index in [1.54, 1.807) is 17.6 Å². The van der Waals surface area contributed by atoms with Crippen molar-refractivity contribution >= 4 is 22.5 Å². The second-order valence-corrected chi connectivity index (χ2v) is 4.73. The lowest BCUT2D eigenvalue weighted by molar-refractivity contribution is -0.389. The van der Waals surface area contributed by atoms with Crippen LogP contribution in [0.5, 0.6) is 0 Å². The van der Waals surface area contributed by atoms with Gasteiger partial charge in [0.2, 0.25) is 0 Å². The minimum Gasteiger partial charge on any atom is -0.358 e. The Morgan fingerprint density at radius 1 is 1.41 bits per heavy atom. The van der Waals surface area contributed by atoms with Crippen LogP contribution >= 0.6 is 0 Å². The summed E-state index contributed by atoms with van der Waals surface area (Å²) < 4.78 is 3.04. The van der Waals surface area contributed by atoms with Crippen molar-refractivity contribution in [3.8, 4) is 0 Å². The van der Waals surface area contributed by atoms with E-state index in [0.717, 1.165) is 5.39 Å². The molecule has 1 N–H and O–H groups in total. The minimum absolute atomic E-state index is 0.194. The lowest BCUT2D eigenvalue weighted by atomic mass is 10.4. The van der Waals surface area contributed by atoms with E-state index in [1.807, 2.05) is 0 Å². The van der Waals surface area contributed by atoms with Crippen LogP contribution in [0, 0.1) is 17.0 Å². The molecule has 0 radical (unpaired) electrons. The summed E-state index contributed by atoms with van der Waals surface area (Å²) in [7, 11) is 0. The number of rotatable bonds is 3. The third kappa shape index (κ3) is 1.79. The molecular formula is C11H9N9O2. The first kappa shape index (κ1) is 12.4. The van der Waals surface area contributed by atoms with Gasteiger partial charge in [-0.1, -0.05) is 0 Å². The predicted molar refractivity (Wildman–Crippen MR) is 73.2 cm³/mol. The van der Waals surface area contributed by atoms with Crippen molar-refractivity contribution in [1.82, 2.24) is 39.6 Å². The van der Waals surface area contributed by atoms with Gasteiger partial charge in [0.25, 0.3) is 0 Å². The standard InChI is InChI=1S/C11H9N9O2/c1-6-2-9(20(21)22)17-18(6)4-8-14-11-7-3-13-15-10(7)12-5-19(11)16-8/h2-3,5H,4H2,1H3,(H,13,15). The van der Waals surface area contributed by atoms with Gasteiger partial charge in [0.05, 0.1) is 28.4 Å². The van der Waals surface area contributed by atoms with Crippen LogP contribution in [0.25, 0.3) is 16.7 Å². The van der Waals surface area contributed by atoms with Gasteiger partial charge >= 0.3 is 5.82 Å². The molecule has 11 heteroatoms. The van der Waals surface area contributed by atoms with Crippen molar-refractivity contribution in [2.45, 2.75) is 13.5 Å². The zero-order valence-electron chi connectivity index (χ0n) is 11.3. The number of aromatic nitrogens is 8. The Kier molecular flexibility index (Phi) is 2.43. The van der Waals surface area contributed by atoms with Crippen molar-refractivity contribution in [2.75, 3.05) is 0 Å². The molecule has 0 aliphatic rings. The van der Waals surface area contributed by atoms with Gasteiger partial charge in [-0.25, -0.2) is 14.5 Å². The molecule has 11 nitrogen and oxygen atoms in total. The molecule has 4 rings (SSSR count). The monoisotopic (exact) mass is 299 g/mol. The number of H-pyrrole nitrogens is 1. The first-order valence-corrected chi connectivity index (χ1v) is 6.34. The zero-order valence-corrected chi connectivity index (χ0v) is 11.3. The number of aromatic amines is 1. The third-order valence-electron chi connectivity index (χ3n) is 3.28. The Hall–Kier alpha value is -3.37. The van der Waals surface area contributed by atoms with Crippen LogP contribution < -0.4 is 0 Å². The molecule has 0 aromatic carbocycles. The SMILES string of the molecule is Cc1cc([N+](=O)[O-])nn1Cc1nc2c3cn[nH]c3ncn2n1. The molecule has 110 valence electrons. The highest BCUT2D eigenvalue weighted by Crippen LogP contribution is 2.15. The molecule has 0 aliphatic carbocycles. The number of fused-ring (bicyclic) bond motifs is 3. The Balaban J connectivity index is 1.76. The van der Waals surface area contributed by atoms with Crippen molar-refractivity contribution < 1.29 is 4.92 Å². The van der Waals surface area contributed by atoms with Gasteiger partial charge in [-0.3, -0.25) is 5.10 Å². The summed E-state index contributed by atoms with van der Waals surface area (Å²) in [5, 5.41) is 26.4. The molecule has 0 spiro atoms. The van der Waals surface area contributed by atoms with Crippen LogP contribution in [0.15, 0.2) is 18.6 Å². The summed E-state index contributed by atoms with van der Waals surface area (Å²) in [6.45, 7) is 1.98. The van der Waals surface area contributed by atoms with Crippen LogP contribution in [0.1, 0.15) is 11.5 Å². The Morgan fingerprint density at radius 2 is 2.27 bits per heavy atom. The zero-order chi connectivity index (χ0) is 15.3. The number of hydrogen-bond donors (Lipinski definition) is 1. The molecule has 0 amide bonds. The van der Waals surface area contributed by atoms with E-state index in [0.29, 0.717) is 22.8 Å². The number of nitrogens with zero attached hydrogens (tertiary/aromatic N) is 8. The van der Waals surface area contributed by atoms with Crippen LogP contribution in [-0.4, -0.2) is 44.5 Å². The van der Waals surface area contributed by atoms with Crippen molar-refractivity contribution in [1.29, 1.82) is 0 Å². The summed E-state index contributed by atoms with van der Waals surface area (Å²) in [5.41, 5.74) is 1.91. The molecule has 4 aromatic rings. The molecule has 0 fully saturated rings. The molecule has 4 heterocycles. The summed E-state index contributed by atoms with van der Waals surface area (Å²) in [5.74, 6) is 0.289. The lowest BCUT2D eigenvalue weighted by Gasteiger charge is -1.93. The molecule has 0 aliphatic heterocycles. The van der Waals surface area contributed by atoms with E-state index >= 15 is 0 Å². The molecule has 0 bridgehead atoms. The van der Waals surface area contributed by atoms with E-state index in [4.69, 9.17) is 0 Å². The number of hydrogen-bond acceptors (Lipinski definition) is 7. The first-order chi connectivity index (χ1) is 10.6. The maximum Gasteiger partial charge on any atom is 0.390 e. The Labute approximate surface area is 121 Å². The molecule has 4 aromatic heterocycles. The molecule has 22 heavy (non-hydrogen) atoms. The summed E-state index contributed by atoms with van der Waals surface area (Å²) in [6, 6.07) is 1.41. The quantitative estimate of drug-likeness (QED) is 0.429. The average Bonchev–Trinajstić information content (AvgIpc) is 3.16. The van der Waals surface area contributed by atoms with Gasteiger partial charge in [-0.05, 0) is 11.8 Å². The fourth-order valence-corrected chi connectivity index (χ4v) is 2.23. The molecule has 0 atom stereocenters. The van der Waals surface area contributed by atoms with Crippen LogP contribution in [0.3, 0.4) is 0 Å². The van der Waals surface area contributed by atoms with Crippen LogP contribution in [-0.2, 0) is 6.54 Å². The van der Waals surface area contributed by atoms with E-state index < -0.39 is 4.92 Å². The van der Waals surface area contributed by atoms with E-state index in [2.05, 4.69) is 30.4 Å². The highest BCUT2D eigenvalue weighted by Gasteiger charge is 2.17. The van der Waals surface area contributed by atoms with Gasteiger partial charge in [0, 0.05) is 0 Å². The molecule has 0 saturated heterocycles. The van der Waals surface area contributed by atoms with Gasteiger partial charge < -0.3 is 10.1 Å². The largest absolute Gasteiger partial charge is 0.390 e. The van der Waals surface area contributed by atoms with E-state index in [-0.39, 0.29) is 12.4 Å². The third-order valence-corrected chi connectivity index (χ3v) is 3.28. The first-order valence-electron chi connectivity index (χ1n) is 6.34. The fraction of sp³-hybridized carbons (Fsp3) is 0.182. The second kappa shape index (κ2) is 4.31. The Morgan fingerprint density at radius 3 is 3.05 bits per heavy atom. The average molecular weight is 299 g/mol. The topological polar surface area (TPSA) is 133 Å². The smallest absolute Gasteiger partial charge is 0.358 e. The summed E-state index contributed by atoms with van der Waals surface area (Å²) >= 11 is 0. The lowest BCUT2D eigenvalue weighted by Crippen LogP contribution is -2.06. The predicted octanol–water partition coefficient (Wildman–Crippen LogP) is 0.462. The Bertz CT molecular complexity index is 1010. The normalized spacial score (nSPS) is 11.5. The van der Waals surface area contributed by atoms with Crippen molar-refractivity contribution in [3.05, 3.63) is 40.2 Å². The van der Waals surface area contributed by atoms with Crippen molar-refractivity contribution in [2.24, 2.45) is 0 Å². The van der Waals surface area contributed by atoms with Gasteiger partial charge in [0.15, 0.2) is 17.1 Å². The van der Waals surface area contributed by atoms with Crippen LogP contribution in [0.2, 0.25) is 0 Å². The van der Waals surface area contributed by atoms with Gasteiger partial charge in [0.1, 0.15) is 12.9 Å². The summed E-state index contributed by atoms with van der Waals surface area (Å²) in [6.07, 6.45) is 3.16. The molecule has 0 unspecified atom stereocenters. The van der Waals surface area contributed by atoms with Crippen molar-refractivity contribution in [3.63, 3.8) is 0 Å².